The van der Waals surface area contributed by atoms with E-state index in [-0.39, 0.29) is 35.9 Å². The van der Waals surface area contributed by atoms with Gasteiger partial charge >= 0.3 is 0 Å². The second-order valence-corrected chi connectivity index (χ2v) is 5.91. The molecule has 0 amide bonds. The smallest absolute Gasteiger partial charge is 0.191 e. The number of hydrogen-bond donors (Lipinski definition) is 2. The van der Waals surface area contributed by atoms with Gasteiger partial charge in [0.05, 0.1) is 11.7 Å². The predicted octanol–water partition coefficient (Wildman–Crippen LogP) is 3.84. The molecule has 0 bridgehead atoms. The molecule has 0 spiro atoms. The third-order valence-electron chi connectivity index (χ3n) is 3.92. The molecule has 0 aromatic carbocycles. The maximum absolute atomic E-state index is 5.64. The molecule has 6 nitrogen and oxygen atoms in total. The molecule has 0 aliphatic heterocycles. The van der Waals surface area contributed by atoms with E-state index in [2.05, 4.69) is 27.7 Å². The fourth-order valence-electron chi connectivity index (χ4n) is 2.70. The SMILES string of the molecule is CN=C(NCC(C)c1c(C)noc1C)NC(C)c1ccc(C)o1.I. The molecular weight excluding hydrogens is 419 g/mol. The van der Waals surface area contributed by atoms with E-state index in [1.807, 2.05) is 39.8 Å². The second kappa shape index (κ2) is 9.10. The van der Waals surface area contributed by atoms with Gasteiger partial charge in [-0.25, -0.2) is 0 Å². The van der Waals surface area contributed by atoms with E-state index in [0.29, 0.717) is 0 Å². The Morgan fingerprint density at radius 1 is 1.25 bits per heavy atom. The maximum Gasteiger partial charge on any atom is 0.191 e. The summed E-state index contributed by atoms with van der Waals surface area (Å²) in [6, 6.07) is 3.99. The Labute approximate surface area is 160 Å². The van der Waals surface area contributed by atoms with Crippen molar-refractivity contribution in [2.45, 2.75) is 46.6 Å². The molecule has 2 heterocycles. The fourth-order valence-corrected chi connectivity index (χ4v) is 2.70. The molecular formula is C17H27IN4O2. The van der Waals surface area contributed by atoms with Crippen LogP contribution in [-0.2, 0) is 0 Å². The van der Waals surface area contributed by atoms with Gasteiger partial charge < -0.3 is 19.6 Å². The summed E-state index contributed by atoms with van der Waals surface area (Å²) in [5.41, 5.74) is 2.10. The van der Waals surface area contributed by atoms with Crippen LogP contribution in [0.4, 0.5) is 0 Å². The Morgan fingerprint density at radius 3 is 2.46 bits per heavy atom. The second-order valence-electron chi connectivity index (χ2n) is 5.91. The Bertz CT molecular complexity index is 658. The van der Waals surface area contributed by atoms with Crippen molar-refractivity contribution in [3.8, 4) is 0 Å². The number of nitrogens with zero attached hydrogens (tertiary/aromatic N) is 2. The van der Waals surface area contributed by atoms with Crippen LogP contribution < -0.4 is 10.6 Å². The van der Waals surface area contributed by atoms with Gasteiger partial charge in [-0.3, -0.25) is 4.99 Å². The Morgan fingerprint density at radius 2 is 1.96 bits per heavy atom. The molecule has 0 aliphatic carbocycles. The third-order valence-corrected chi connectivity index (χ3v) is 3.92. The van der Waals surface area contributed by atoms with Crippen molar-refractivity contribution in [3.05, 3.63) is 40.7 Å². The van der Waals surface area contributed by atoms with Crippen LogP contribution in [0.2, 0.25) is 0 Å². The van der Waals surface area contributed by atoms with Gasteiger partial charge in [0.15, 0.2) is 5.96 Å². The van der Waals surface area contributed by atoms with Crippen LogP contribution in [0.5, 0.6) is 0 Å². The summed E-state index contributed by atoms with van der Waals surface area (Å²) in [7, 11) is 1.76. The predicted molar refractivity (Wildman–Crippen MR) is 106 cm³/mol. The van der Waals surface area contributed by atoms with E-state index in [0.717, 1.165) is 41.0 Å². The van der Waals surface area contributed by atoms with Crippen molar-refractivity contribution in [2.75, 3.05) is 13.6 Å². The normalized spacial score (nSPS) is 14.0. The molecule has 24 heavy (non-hydrogen) atoms. The lowest BCUT2D eigenvalue weighted by Crippen LogP contribution is -2.40. The van der Waals surface area contributed by atoms with Crippen molar-refractivity contribution in [3.63, 3.8) is 0 Å². The van der Waals surface area contributed by atoms with Gasteiger partial charge in [0.2, 0.25) is 0 Å². The third kappa shape index (κ3) is 4.99. The summed E-state index contributed by atoms with van der Waals surface area (Å²) in [6.07, 6.45) is 0. The largest absolute Gasteiger partial charge is 0.464 e. The lowest BCUT2D eigenvalue weighted by molar-refractivity contribution is 0.391. The lowest BCUT2D eigenvalue weighted by Gasteiger charge is -2.18. The standard InChI is InChI=1S/C17H26N4O2.HI/c1-10(16-13(4)21-23-14(16)5)9-19-17(18-6)20-12(3)15-8-7-11(2)22-15;/h7-8,10,12H,9H2,1-6H3,(H2,18,19,20);1H. The molecule has 0 aliphatic rings. The Balaban J connectivity index is 0.00000288. The van der Waals surface area contributed by atoms with Crippen molar-refractivity contribution < 1.29 is 8.94 Å². The maximum atomic E-state index is 5.64. The van der Waals surface area contributed by atoms with Gasteiger partial charge in [0, 0.05) is 25.1 Å². The van der Waals surface area contributed by atoms with Crippen molar-refractivity contribution in [1.82, 2.24) is 15.8 Å². The van der Waals surface area contributed by atoms with Crippen LogP contribution in [0.3, 0.4) is 0 Å². The minimum Gasteiger partial charge on any atom is -0.464 e. The molecule has 134 valence electrons. The molecule has 0 saturated carbocycles. The average Bonchev–Trinajstić information content (AvgIpc) is 3.09. The average molecular weight is 446 g/mol. The van der Waals surface area contributed by atoms with Crippen LogP contribution in [-0.4, -0.2) is 24.7 Å². The summed E-state index contributed by atoms with van der Waals surface area (Å²) < 4.78 is 10.9. The summed E-state index contributed by atoms with van der Waals surface area (Å²) >= 11 is 0. The number of nitrogens with one attached hydrogen (secondary N) is 2. The first kappa shape index (κ1) is 20.5. The molecule has 7 heteroatoms. The van der Waals surface area contributed by atoms with Crippen LogP contribution in [0.15, 0.2) is 26.1 Å². The van der Waals surface area contributed by atoms with Crippen molar-refractivity contribution in [2.24, 2.45) is 4.99 Å². The molecule has 0 saturated heterocycles. The highest BCUT2D eigenvalue weighted by molar-refractivity contribution is 14.0. The van der Waals surface area contributed by atoms with Crippen LogP contribution in [0.1, 0.15) is 54.3 Å². The number of hydrogen-bond acceptors (Lipinski definition) is 4. The monoisotopic (exact) mass is 446 g/mol. The molecule has 2 aromatic rings. The van der Waals surface area contributed by atoms with Gasteiger partial charge in [0.1, 0.15) is 17.3 Å². The molecule has 2 aromatic heterocycles. The molecule has 2 unspecified atom stereocenters. The van der Waals surface area contributed by atoms with Crippen molar-refractivity contribution in [1.29, 1.82) is 0 Å². The zero-order valence-electron chi connectivity index (χ0n) is 15.1. The van der Waals surface area contributed by atoms with E-state index < -0.39 is 0 Å². The van der Waals surface area contributed by atoms with Crippen LogP contribution in [0.25, 0.3) is 0 Å². The number of aliphatic imine (C=N–C) groups is 1. The summed E-state index contributed by atoms with van der Waals surface area (Å²) in [6.45, 7) is 10.8. The molecule has 0 radical (unpaired) electrons. The summed E-state index contributed by atoms with van der Waals surface area (Å²) in [5.74, 6) is 3.69. The van der Waals surface area contributed by atoms with E-state index in [1.165, 1.54) is 0 Å². The topological polar surface area (TPSA) is 75.6 Å². The number of rotatable bonds is 5. The Hall–Kier alpha value is -1.51. The number of halogens is 1. The highest BCUT2D eigenvalue weighted by atomic mass is 127. The first-order valence-corrected chi connectivity index (χ1v) is 7.88. The Kier molecular flexibility index (Phi) is 7.78. The van der Waals surface area contributed by atoms with Crippen molar-refractivity contribution >= 4 is 29.9 Å². The van der Waals surface area contributed by atoms with E-state index in [1.54, 1.807) is 7.05 Å². The first-order chi connectivity index (χ1) is 10.9. The fraction of sp³-hybridized carbons (Fsp3) is 0.529. The van der Waals surface area contributed by atoms with Gasteiger partial charge in [-0.2, -0.15) is 0 Å². The highest BCUT2D eigenvalue weighted by Gasteiger charge is 2.17. The minimum atomic E-state index is 0. The van der Waals surface area contributed by atoms with Crippen LogP contribution in [0, 0.1) is 20.8 Å². The van der Waals surface area contributed by atoms with Gasteiger partial charge in [-0.05, 0) is 39.8 Å². The molecule has 2 rings (SSSR count). The molecule has 2 N–H and O–H groups in total. The highest BCUT2D eigenvalue weighted by Crippen LogP contribution is 2.22. The molecule has 0 fully saturated rings. The van der Waals surface area contributed by atoms with E-state index >= 15 is 0 Å². The summed E-state index contributed by atoms with van der Waals surface area (Å²) in [4.78, 5) is 4.27. The zero-order valence-corrected chi connectivity index (χ0v) is 17.5. The van der Waals surface area contributed by atoms with Gasteiger partial charge in [0.25, 0.3) is 0 Å². The molecule has 2 atom stereocenters. The number of furan rings is 1. The number of aromatic nitrogens is 1. The van der Waals surface area contributed by atoms with Gasteiger partial charge in [-0.15, -0.1) is 24.0 Å². The van der Waals surface area contributed by atoms with E-state index in [4.69, 9.17) is 8.94 Å². The summed E-state index contributed by atoms with van der Waals surface area (Å²) in [5, 5.41) is 10.7. The number of aryl methyl sites for hydroxylation is 3. The quantitative estimate of drug-likeness (QED) is 0.415. The van der Waals surface area contributed by atoms with Crippen LogP contribution >= 0.6 is 24.0 Å². The lowest BCUT2D eigenvalue weighted by atomic mass is 10.00. The minimum absolute atomic E-state index is 0. The zero-order chi connectivity index (χ0) is 17.0. The van der Waals surface area contributed by atoms with Gasteiger partial charge in [-0.1, -0.05) is 12.1 Å². The number of guanidine groups is 1. The van der Waals surface area contributed by atoms with E-state index in [9.17, 15) is 0 Å². The first-order valence-electron chi connectivity index (χ1n) is 7.88.